The number of nitrogens with one attached hydrogen (secondary N) is 1. The van der Waals surface area contributed by atoms with E-state index in [-0.39, 0.29) is 18.7 Å². The van der Waals surface area contributed by atoms with Crippen LogP contribution in [0.4, 0.5) is 13.2 Å². The Morgan fingerprint density at radius 1 is 1.13 bits per heavy atom. The maximum absolute atomic E-state index is 12.7. The van der Waals surface area contributed by atoms with Gasteiger partial charge in [0.2, 0.25) is 0 Å². The summed E-state index contributed by atoms with van der Waals surface area (Å²) in [6.45, 7) is 1.86. The Hall–Kier alpha value is -2.58. The second kappa shape index (κ2) is 10.6. The molecule has 166 valence electrons. The van der Waals surface area contributed by atoms with E-state index in [2.05, 4.69) is 10.5 Å². The molecule has 31 heavy (non-hydrogen) atoms. The molecule has 0 bridgehead atoms. The van der Waals surface area contributed by atoms with Crippen molar-refractivity contribution in [3.63, 3.8) is 0 Å². The molecule has 1 N–H and O–H groups in total. The van der Waals surface area contributed by atoms with E-state index in [0.717, 1.165) is 5.56 Å². The summed E-state index contributed by atoms with van der Waals surface area (Å²) >= 11 is 5.79. The van der Waals surface area contributed by atoms with Gasteiger partial charge in [-0.25, -0.2) is 5.43 Å². The lowest BCUT2D eigenvalue weighted by atomic mass is 9.96. The Morgan fingerprint density at radius 3 is 2.39 bits per heavy atom. The van der Waals surface area contributed by atoms with Crippen LogP contribution in [0.5, 0.6) is 5.75 Å². The number of hydrazone groups is 1. The minimum atomic E-state index is -4.09. The lowest BCUT2D eigenvalue weighted by Gasteiger charge is -2.32. The van der Waals surface area contributed by atoms with Gasteiger partial charge in [-0.3, -0.25) is 9.69 Å². The molecule has 2 aromatic rings. The fraction of sp³-hybridized carbons (Fsp3) is 0.364. The highest BCUT2D eigenvalue weighted by atomic mass is 35.5. The molecule has 3 rings (SSSR count). The fourth-order valence-corrected chi connectivity index (χ4v) is 3.38. The molecular weight excluding hydrogens is 431 g/mol. The summed E-state index contributed by atoms with van der Waals surface area (Å²) in [4.78, 5) is 14.0. The highest BCUT2D eigenvalue weighted by Crippen LogP contribution is 2.33. The van der Waals surface area contributed by atoms with Crippen molar-refractivity contribution in [1.82, 2.24) is 10.3 Å². The molecule has 0 saturated carbocycles. The van der Waals surface area contributed by atoms with E-state index < -0.39 is 12.1 Å². The summed E-state index contributed by atoms with van der Waals surface area (Å²) in [5.41, 5.74) is 3.67. The van der Waals surface area contributed by atoms with Gasteiger partial charge < -0.3 is 4.74 Å². The zero-order chi connectivity index (χ0) is 22.3. The van der Waals surface area contributed by atoms with Crippen molar-refractivity contribution in [2.75, 3.05) is 26.2 Å². The van der Waals surface area contributed by atoms with E-state index in [0.29, 0.717) is 42.6 Å². The number of likely N-dealkylation sites (tertiary alicyclic amines) is 1. The average molecular weight is 454 g/mol. The van der Waals surface area contributed by atoms with Crippen molar-refractivity contribution in [3.8, 4) is 5.75 Å². The van der Waals surface area contributed by atoms with Gasteiger partial charge >= 0.3 is 6.18 Å². The van der Waals surface area contributed by atoms with Gasteiger partial charge in [0.05, 0.1) is 12.1 Å². The van der Waals surface area contributed by atoms with Crippen molar-refractivity contribution in [2.45, 2.75) is 19.0 Å². The highest BCUT2D eigenvalue weighted by molar-refractivity contribution is 6.30. The number of nitrogens with zero attached hydrogens (tertiary/aromatic N) is 2. The van der Waals surface area contributed by atoms with Gasteiger partial charge in [0, 0.05) is 17.1 Å². The van der Waals surface area contributed by atoms with Crippen LogP contribution in [0.1, 0.15) is 28.8 Å². The maximum Gasteiger partial charge on any atom is 0.391 e. The fourth-order valence-electron chi connectivity index (χ4n) is 3.26. The molecule has 0 aromatic heterocycles. The zero-order valence-corrected chi connectivity index (χ0v) is 17.5. The minimum absolute atomic E-state index is 0.145. The molecule has 0 radical (unpaired) electrons. The van der Waals surface area contributed by atoms with Gasteiger partial charge in [-0.1, -0.05) is 11.6 Å². The molecule has 0 spiro atoms. The molecule has 9 heteroatoms. The predicted molar refractivity (Wildman–Crippen MR) is 114 cm³/mol. The first-order chi connectivity index (χ1) is 14.8. The van der Waals surface area contributed by atoms with Gasteiger partial charge in [-0.05, 0) is 80.0 Å². The molecule has 0 atom stereocenters. The molecular formula is C22H23ClF3N3O2. The second-order valence-electron chi connectivity index (χ2n) is 7.28. The van der Waals surface area contributed by atoms with Gasteiger partial charge in [-0.2, -0.15) is 18.3 Å². The van der Waals surface area contributed by atoms with Crippen LogP contribution in [-0.4, -0.2) is 49.4 Å². The number of carbonyl (C=O) groups is 1. The highest BCUT2D eigenvalue weighted by Gasteiger charge is 2.40. The molecule has 1 amide bonds. The van der Waals surface area contributed by atoms with Gasteiger partial charge in [0.1, 0.15) is 12.4 Å². The van der Waals surface area contributed by atoms with Crippen LogP contribution in [0.15, 0.2) is 53.6 Å². The quantitative estimate of drug-likeness (QED) is 0.486. The first-order valence-electron chi connectivity index (χ1n) is 9.92. The van der Waals surface area contributed by atoms with E-state index in [9.17, 15) is 18.0 Å². The van der Waals surface area contributed by atoms with Crippen LogP contribution in [0.25, 0.3) is 0 Å². The van der Waals surface area contributed by atoms with Gasteiger partial charge in [-0.15, -0.1) is 0 Å². The van der Waals surface area contributed by atoms with Crippen molar-refractivity contribution in [3.05, 3.63) is 64.7 Å². The third-order valence-electron chi connectivity index (χ3n) is 5.09. The number of ether oxygens (including phenoxy) is 1. The smallest absolute Gasteiger partial charge is 0.391 e. The molecule has 1 fully saturated rings. The SMILES string of the molecule is O=C(N/N=C/c1ccc(OCCN2CCC(C(F)(F)F)CC2)cc1)c1ccc(Cl)cc1. The van der Waals surface area contributed by atoms with Crippen LogP contribution in [0.3, 0.4) is 0 Å². The molecule has 1 aliphatic heterocycles. The van der Waals surface area contributed by atoms with E-state index >= 15 is 0 Å². The topological polar surface area (TPSA) is 53.9 Å². The largest absolute Gasteiger partial charge is 0.492 e. The van der Waals surface area contributed by atoms with Crippen LogP contribution in [-0.2, 0) is 0 Å². The Kier molecular flexibility index (Phi) is 7.92. The Morgan fingerprint density at radius 2 is 1.77 bits per heavy atom. The first kappa shape index (κ1) is 23.1. The Bertz CT molecular complexity index is 878. The van der Waals surface area contributed by atoms with Crippen molar-refractivity contribution in [1.29, 1.82) is 0 Å². The molecule has 1 saturated heterocycles. The normalized spacial score (nSPS) is 15.9. The summed E-state index contributed by atoms with van der Waals surface area (Å²) < 4.78 is 43.8. The number of halogens is 4. The number of piperidine rings is 1. The molecule has 0 aliphatic carbocycles. The number of amides is 1. The number of alkyl halides is 3. The predicted octanol–water partition coefficient (Wildman–Crippen LogP) is 4.76. The van der Waals surface area contributed by atoms with Crippen LogP contribution in [0, 0.1) is 5.92 Å². The number of benzene rings is 2. The Labute approximate surface area is 183 Å². The van der Waals surface area contributed by atoms with E-state index in [1.807, 2.05) is 4.90 Å². The van der Waals surface area contributed by atoms with Gasteiger partial charge in [0.25, 0.3) is 5.91 Å². The number of hydrogen-bond donors (Lipinski definition) is 1. The lowest BCUT2D eigenvalue weighted by molar-refractivity contribution is -0.185. The minimum Gasteiger partial charge on any atom is -0.492 e. The van der Waals surface area contributed by atoms with E-state index in [1.54, 1.807) is 48.5 Å². The molecule has 2 aromatic carbocycles. The molecule has 5 nitrogen and oxygen atoms in total. The summed E-state index contributed by atoms with van der Waals surface area (Å²) in [7, 11) is 0. The summed E-state index contributed by atoms with van der Waals surface area (Å²) in [6.07, 6.45) is -2.28. The standard InChI is InChI=1S/C22H23ClF3N3O2/c23-19-5-3-17(4-6-19)21(30)28-27-15-16-1-7-20(8-2-16)31-14-13-29-11-9-18(10-12-29)22(24,25)26/h1-8,15,18H,9-14H2,(H,28,30)/b27-15+. The van der Waals surface area contributed by atoms with Crippen molar-refractivity contribution < 1.29 is 22.7 Å². The summed E-state index contributed by atoms with van der Waals surface area (Å²) in [5.74, 6) is -0.866. The number of carbonyl (C=O) groups excluding carboxylic acids is 1. The first-order valence-corrected chi connectivity index (χ1v) is 10.3. The molecule has 1 aliphatic rings. The summed E-state index contributed by atoms with van der Waals surface area (Å²) in [5, 5.41) is 4.48. The van der Waals surface area contributed by atoms with Crippen molar-refractivity contribution in [2.24, 2.45) is 11.0 Å². The average Bonchev–Trinajstić information content (AvgIpc) is 2.75. The zero-order valence-electron chi connectivity index (χ0n) is 16.7. The Balaban J connectivity index is 1.38. The lowest BCUT2D eigenvalue weighted by Crippen LogP contribution is -2.40. The summed E-state index contributed by atoms with van der Waals surface area (Å²) in [6, 6.07) is 13.6. The monoisotopic (exact) mass is 453 g/mol. The van der Waals surface area contributed by atoms with Crippen LogP contribution in [0.2, 0.25) is 5.02 Å². The van der Waals surface area contributed by atoms with Gasteiger partial charge in [0.15, 0.2) is 0 Å². The third-order valence-corrected chi connectivity index (χ3v) is 5.34. The third kappa shape index (κ3) is 7.25. The molecule has 1 heterocycles. The number of hydrogen-bond acceptors (Lipinski definition) is 4. The van der Waals surface area contributed by atoms with Crippen LogP contribution < -0.4 is 10.2 Å². The molecule has 0 unspecified atom stereocenters. The second-order valence-corrected chi connectivity index (χ2v) is 7.72. The van der Waals surface area contributed by atoms with E-state index in [4.69, 9.17) is 16.3 Å². The van der Waals surface area contributed by atoms with E-state index in [1.165, 1.54) is 6.21 Å². The van der Waals surface area contributed by atoms with Crippen LogP contribution >= 0.6 is 11.6 Å². The maximum atomic E-state index is 12.7. The number of rotatable bonds is 7. The van der Waals surface area contributed by atoms with Crippen molar-refractivity contribution >= 4 is 23.7 Å².